The third-order valence-corrected chi connectivity index (χ3v) is 8.03. The van der Waals surface area contributed by atoms with Gasteiger partial charge < -0.3 is 9.67 Å². The highest BCUT2D eigenvalue weighted by molar-refractivity contribution is 7.92. The Hall–Kier alpha value is -2.93. The Morgan fingerprint density at radius 3 is 2.47 bits per heavy atom. The Labute approximate surface area is 186 Å². The Morgan fingerprint density at radius 1 is 1.25 bits per heavy atom. The van der Waals surface area contributed by atoms with Crippen molar-refractivity contribution in [2.24, 2.45) is 11.8 Å². The van der Waals surface area contributed by atoms with Gasteiger partial charge in [0.25, 0.3) is 11.5 Å². The lowest BCUT2D eigenvalue weighted by atomic mass is 10.0. The van der Waals surface area contributed by atoms with Gasteiger partial charge in [0.2, 0.25) is 0 Å². The number of pyridine rings is 1. The molecule has 1 aromatic heterocycles. The van der Waals surface area contributed by atoms with Gasteiger partial charge in [-0.25, -0.2) is 13.9 Å². The molecular weight excluding hydrogens is 432 g/mol. The lowest BCUT2D eigenvalue weighted by molar-refractivity contribution is -0.131. The number of sulfone groups is 1. The molecule has 32 heavy (non-hydrogen) atoms. The van der Waals surface area contributed by atoms with Crippen LogP contribution in [-0.2, 0) is 21.2 Å². The molecule has 2 aromatic rings. The molecule has 0 bridgehead atoms. The van der Waals surface area contributed by atoms with Crippen molar-refractivity contribution >= 4 is 15.7 Å². The number of aryl methyl sites for hydroxylation is 1. The minimum absolute atomic E-state index is 0.0133. The summed E-state index contributed by atoms with van der Waals surface area (Å²) in [4.78, 5) is 24.5. The minimum Gasteiger partial charge on any atom is -0.396 e. The lowest BCUT2D eigenvalue weighted by Crippen LogP contribution is -2.49. The summed E-state index contributed by atoms with van der Waals surface area (Å²) in [5.74, 6) is 5.77. The average Bonchev–Trinajstić information content (AvgIpc) is 3.54. The van der Waals surface area contributed by atoms with Crippen molar-refractivity contribution in [3.63, 3.8) is 0 Å². The van der Waals surface area contributed by atoms with Crippen molar-refractivity contribution < 1.29 is 23.5 Å². The Balaban J connectivity index is 1.72. The zero-order valence-corrected chi connectivity index (χ0v) is 18.7. The normalized spacial score (nSPS) is 19.4. The molecule has 3 N–H and O–H groups in total. The second kappa shape index (κ2) is 9.28. The van der Waals surface area contributed by atoms with E-state index >= 15 is 0 Å². The average molecular weight is 459 g/mol. The van der Waals surface area contributed by atoms with Crippen molar-refractivity contribution in [3.8, 4) is 23.0 Å². The highest BCUT2D eigenvalue weighted by Crippen LogP contribution is 2.37. The van der Waals surface area contributed by atoms with Crippen LogP contribution in [0.4, 0.5) is 0 Å². The SMILES string of the molecule is CC(CCn1ccc(-c2ccc(C#C[C@H]3CC3CO)cc2)cc1=O)(C(=O)NO)S(C)(=O)=O. The number of hydrogen-bond donors (Lipinski definition) is 3. The maximum Gasteiger partial charge on any atom is 0.264 e. The third-order valence-electron chi connectivity index (χ3n) is 6.00. The van der Waals surface area contributed by atoms with Crippen LogP contribution < -0.4 is 11.0 Å². The van der Waals surface area contributed by atoms with Crippen LogP contribution in [0.2, 0.25) is 0 Å². The molecule has 1 aliphatic rings. The standard InChI is InChI=1S/C23H26N2O6S/c1-23(22(28)24-29,32(2,30)31)10-12-25-11-9-19(14-21(25)27)17-6-3-16(4-7-17)5-8-18-13-20(18)15-26/h3-4,6-7,9,11,14,18,20,26,29H,10,12-13,15H2,1-2H3,(H,24,28)/t18-,20?,23?/m0/s1. The molecule has 1 aromatic carbocycles. The number of rotatable bonds is 7. The van der Waals surface area contributed by atoms with E-state index in [4.69, 9.17) is 10.3 Å². The maximum absolute atomic E-state index is 12.6. The topological polar surface area (TPSA) is 126 Å². The molecule has 1 saturated carbocycles. The fraction of sp³-hybridized carbons (Fsp3) is 0.391. The summed E-state index contributed by atoms with van der Waals surface area (Å²) in [6.45, 7) is 1.37. The fourth-order valence-corrected chi connectivity index (χ4v) is 4.18. The molecule has 0 radical (unpaired) electrons. The molecule has 3 atom stereocenters. The van der Waals surface area contributed by atoms with E-state index in [2.05, 4.69) is 11.8 Å². The first-order valence-corrected chi connectivity index (χ1v) is 12.1. The Kier molecular flexibility index (Phi) is 6.88. The molecule has 0 saturated heterocycles. The largest absolute Gasteiger partial charge is 0.396 e. The van der Waals surface area contributed by atoms with Crippen molar-refractivity contribution in [3.05, 3.63) is 58.5 Å². The van der Waals surface area contributed by atoms with E-state index in [-0.39, 0.29) is 31.0 Å². The van der Waals surface area contributed by atoms with Gasteiger partial charge in [-0.3, -0.25) is 14.8 Å². The zero-order valence-electron chi connectivity index (χ0n) is 17.9. The number of benzene rings is 1. The summed E-state index contributed by atoms with van der Waals surface area (Å²) in [5, 5.41) is 18.0. The molecule has 1 fully saturated rings. The summed E-state index contributed by atoms with van der Waals surface area (Å²) in [6.07, 6.45) is 3.22. The molecule has 1 amide bonds. The first kappa shape index (κ1) is 23.7. The number of aromatic nitrogens is 1. The first-order valence-electron chi connectivity index (χ1n) is 10.2. The van der Waals surface area contributed by atoms with Gasteiger partial charge in [-0.05, 0) is 55.0 Å². The number of nitrogens with one attached hydrogen (secondary N) is 1. The number of nitrogens with zero attached hydrogens (tertiary/aromatic N) is 1. The number of hydroxylamine groups is 1. The minimum atomic E-state index is -3.84. The predicted octanol–water partition coefficient (Wildman–Crippen LogP) is 1.19. The van der Waals surface area contributed by atoms with Crippen molar-refractivity contribution in [2.45, 2.75) is 31.1 Å². The van der Waals surface area contributed by atoms with Gasteiger partial charge in [-0.15, -0.1) is 0 Å². The molecule has 3 rings (SSSR count). The van der Waals surface area contributed by atoms with Crippen LogP contribution in [0, 0.1) is 23.7 Å². The van der Waals surface area contributed by atoms with Crippen LogP contribution >= 0.6 is 0 Å². The van der Waals surface area contributed by atoms with Gasteiger partial charge in [0.05, 0.1) is 0 Å². The van der Waals surface area contributed by atoms with E-state index < -0.39 is 20.5 Å². The van der Waals surface area contributed by atoms with Gasteiger partial charge in [0, 0.05) is 43.2 Å². The van der Waals surface area contributed by atoms with Gasteiger partial charge in [-0.1, -0.05) is 24.0 Å². The van der Waals surface area contributed by atoms with Crippen molar-refractivity contribution in [1.82, 2.24) is 10.0 Å². The van der Waals surface area contributed by atoms with Crippen LogP contribution in [0.1, 0.15) is 25.3 Å². The highest BCUT2D eigenvalue weighted by Gasteiger charge is 2.43. The summed E-state index contributed by atoms with van der Waals surface area (Å²) in [5.41, 5.74) is 3.45. The molecule has 1 heterocycles. The van der Waals surface area contributed by atoms with E-state index in [0.717, 1.165) is 23.8 Å². The monoisotopic (exact) mass is 458 g/mol. The number of carbonyl (C=O) groups is 1. The van der Waals surface area contributed by atoms with Gasteiger partial charge >= 0.3 is 0 Å². The van der Waals surface area contributed by atoms with Crippen molar-refractivity contribution in [1.29, 1.82) is 0 Å². The molecule has 9 heteroatoms. The van der Waals surface area contributed by atoms with Gasteiger partial charge in [0.15, 0.2) is 14.6 Å². The van der Waals surface area contributed by atoms with Crippen LogP contribution in [0.15, 0.2) is 47.4 Å². The summed E-state index contributed by atoms with van der Waals surface area (Å²) in [6, 6.07) is 10.7. The van der Waals surface area contributed by atoms with Gasteiger partial charge in [0.1, 0.15) is 0 Å². The molecular formula is C23H26N2O6S. The molecule has 170 valence electrons. The predicted molar refractivity (Wildman–Crippen MR) is 119 cm³/mol. The van der Waals surface area contributed by atoms with E-state index in [0.29, 0.717) is 11.5 Å². The van der Waals surface area contributed by atoms with E-state index in [1.165, 1.54) is 23.0 Å². The lowest BCUT2D eigenvalue weighted by Gasteiger charge is -2.25. The van der Waals surface area contributed by atoms with Crippen molar-refractivity contribution in [2.75, 3.05) is 12.9 Å². The maximum atomic E-state index is 12.6. The van der Waals surface area contributed by atoms with E-state index in [1.807, 2.05) is 24.3 Å². The molecule has 0 spiro atoms. The number of amides is 1. The number of aliphatic hydroxyl groups excluding tert-OH is 1. The number of carbonyl (C=O) groups excluding carboxylic acids is 1. The Morgan fingerprint density at radius 2 is 1.94 bits per heavy atom. The first-order chi connectivity index (χ1) is 15.1. The number of aliphatic hydroxyl groups is 1. The summed E-state index contributed by atoms with van der Waals surface area (Å²) < 4.78 is 23.6. The highest BCUT2D eigenvalue weighted by atomic mass is 32.2. The van der Waals surface area contributed by atoms with Crippen LogP contribution in [0.5, 0.6) is 0 Å². The summed E-state index contributed by atoms with van der Waals surface area (Å²) in [7, 11) is -3.84. The van der Waals surface area contributed by atoms with E-state index in [9.17, 15) is 18.0 Å². The smallest absolute Gasteiger partial charge is 0.264 e. The number of hydrogen-bond acceptors (Lipinski definition) is 6. The molecule has 2 unspecified atom stereocenters. The molecule has 1 aliphatic carbocycles. The Bertz CT molecular complexity index is 1220. The molecule has 8 nitrogen and oxygen atoms in total. The van der Waals surface area contributed by atoms with E-state index in [1.54, 1.807) is 12.3 Å². The van der Waals surface area contributed by atoms with Gasteiger partial charge in [-0.2, -0.15) is 0 Å². The molecule has 0 aliphatic heterocycles. The fourth-order valence-electron chi connectivity index (χ4n) is 3.34. The quantitative estimate of drug-likeness (QED) is 0.325. The zero-order chi connectivity index (χ0) is 23.5. The second-order valence-corrected chi connectivity index (χ2v) is 10.7. The van der Waals surface area contributed by atoms with Crippen LogP contribution in [0.25, 0.3) is 11.1 Å². The summed E-state index contributed by atoms with van der Waals surface area (Å²) >= 11 is 0. The second-order valence-electron chi connectivity index (χ2n) is 8.27. The third kappa shape index (κ3) is 5.10. The van der Waals surface area contributed by atoms with Crippen LogP contribution in [-0.4, -0.2) is 46.8 Å². The van der Waals surface area contributed by atoms with Crippen LogP contribution in [0.3, 0.4) is 0 Å².